The van der Waals surface area contributed by atoms with Crippen LogP contribution in [0, 0.1) is 23.7 Å². The number of carbonyl (C=O) groups excluding carboxylic acids is 13. The van der Waals surface area contributed by atoms with Gasteiger partial charge in [0.25, 0.3) is 6.47 Å². The van der Waals surface area contributed by atoms with Gasteiger partial charge in [0, 0.05) is 102 Å². The van der Waals surface area contributed by atoms with Crippen LogP contribution in [0.1, 0.15) is 279 Å². The predicted molar refractivity (Wildman–Crippen MR) is 542 cm³/mol. The molecule has 0 radical (unpaired) electrons. The number of halogens is 2. The van der Waals surface area contributed by atoms with Crippen LogP contribution in [0.3, 0.4) is 0 Å². The first-order valence-corrected chi connectivity index (χ1v) is 51.2. The Kier molecular flexibility index (Phi) is 47.0. The number of carboxylic acids is 2. The third-order valence-corrected chi connectivity index (χ3v) is 27.0. The van der Waals surface area contributed by atoms with Crippen LogP contribution in [0.25, 0.3) is 33.4 Å². The quantitative estimate of drug-likeness (QED) is 0.0153. The van der Waals surface area contributed by atoms with Gasteiger partial charge in [-0.3, -0.25) is 53.2 Å². The van der Waals surface area contributed by atoms with Crippen molar-refractivity contribution in [1.82, 2.24) is 24.5 Å². The topological polar surface area (TPSA) is 437 Å². The second kappa shape index (κ2) is 55.6. The molecule has 147 heavy (non-hydrogen) atoms. The number of ketones is 6. The molecule has 16 rings (SSSR count). The molecular formula is C109H137Br2Cs2N5O29. The molecule has 9 atom stereocenters. The summed E-state index contributed by atoms with van der Waals surface area (Å²) in [4.78, 5) is 190. The fourth-order valence-corrected chi connectivity index (χ4v) is 19.5. The van der Waals surface area contributed by atoms with Crippen molar-refractivity contribution >= 4 is 121 Å². The Morgan fingerprint density at radius 3 is 1.08 bits per heavy atom. The molecule has 0 saturated carbocycles. The van der Waals surface area contributed by atoms with E-state index in [0.29, 0.717) is 117 Å². The van der Waals surface area contributed by atoms with Crippen molar-refractivity contribution in [2.45, 2.75) is 273 Å². The molecule has 6 aromatic rings. The smallest absolute Gasteiger partial charge is 1.00 e. The van der Waals surface area contributed by atoms with Crippen LogP contribution < -0.4 is 157 Å². The molecule has 0 bridgehead atoms. The number of likely N-dealkylation sites (tertiary alicyclic amines) is 4. The summed E-state index contributed by atoms with van der Waals surface area (Å²) in [5.74, 6) is -0.781. The zero-order valence-corrected chi connectivity index (χ0v) is 104. The van der Waals surface area contributed by atoms with Gasteiger partial charge in [0.2, 0.25) is 0 Å². The van der Waals surface area contributed by atoms with Crippen LogP contribution in [0.2, 0.25) is 0 Å². The van der Waals surface area contributed by atoms with Crippen LogP contribution >= 0.6 is 31.9 Å². The molecule has 3 aliphatic carbocycles. The number of aryl methyl sites for hydroxylation is 3. The van der Waals surface area contributed by atoms with Crippen molar-refractivity contribution in [2.75, 3.05) is 78.1 Å². The van der Waals surface area contributed by atoms with Crippen molar-refractivity contribution in [1.29, 1.82) is 0 Å². The minimum atomic E-state index is -1.00. The van der Waals surface area contributed by atoms with Crippen LogP contribution in [0.15, 0.2) is 91.0 Å². The minimum Gasteiger partial charge on any atom is -1.00 e. The molecule has 0 spiro atoms. The minimum absolute atomic E-state index is 0. The van der Waals surface area contributed by atoms with Crippen LogP contribution in [0.4, 0.5) is 19.2 Å². The molecule has 38 heteroatoms. The maximum atomic E-state index is 13.0. The number of esters is 2. The molecule has 2 N–H and O–H groups in total. The average molecular weight is 2410 g/mol. The predicted octanol–water partition coefficient (Wildman–Crippen LogP) is 12.0. The first-order valence-electron chi connectivity index (χ1n) is 49.2. The summed E-state index contributed by atoms with van der Waals surface area (Å²) in [5, 5.41) is 26.9. The zero-order chi connectivity index (χ0) is 107. The number of hydrogen-bond acceptors (Lipinski definition) is 28. The summed E-state index contributed by atoms with van der Waals surface area (Å²) in [6.45, 7) is 39.1. The van der Waals surface area contributed by atoms with Crippen LogP contribution in [-0.2, 0) is 101 Å². The molecule has 788 valence electrons. The molecule has 4 fully saturated rings. The number of fused-ring (bicyclic) bond motifs is 12. The molecule has 7 heterocycles. The van der Waals surface area contributed by atoms with Gasteiger partial charge in [-0.1, -0.05) is 110 Å². The SMILES string of the molecule is CCN(CC)CC.COC[C@H]1C[C@@H](C(=O)O)N(C(=O)OC(C)(C)C)C1.C[C@H]1C[C@@H](C(=O)O)N(C(=O)OC(C)(C)C)C1.C[C@H]1C[C@@H](C(=O)OCC(=O)c2ccc3c(c2)COc2cc4c(cc2-3)CCC(Br)C4=O)N(C(=O)OC(C)(C)C)C1.C[C@H]1C[C@@H](C(=O)OCC(=O)c2ccc3c(c2)COc2cc4c(cc2-3)CCCC4=O)N(C(=O)OC(C)(C)C)C1.O=C(CBr)c1ccc2c(c1)COc1cc3c(cc1-2)CCCC3=O.O=CO[O-].[Cs+].[Cs+].[H-]. The summed E-state index contributed by atoms with van der Waals surface area (Å²) in [6.07, 6.45) is 5.87. The summed E-state index contributed by atoms with van der Waals surface area (Å²) >= 11 is 6.66. The number of methoxy groups -OCH3 is 1. The first kappa shape index (κ1) is 124. The van der Waals surface area contributed by atoms with Gasteiger partial charge in [0.15, 0.2) is 47.9 Å². The molecule has 0 aromatic heterocycles. The Morgan fingerprint density at radius 2 is 0.762 bits per heavy atom. The van der Waals surface area contributed by atoms with Gasteiger partial charge in [0.1, 0.15) is 83.6 Å². The number of nitrogens with zero attached hydrogens (tertiary/aromatic N) is 5. The van der Waals surface area contributed by atoms with Gasteiger partial charge in [-0.2, -0.15) is 0 Å². The third kappa shape index (κ3) is 34.3. The zero-order valence-electron chi connectivity index (χ0n) is 89.2. The Bertz CT molecular complexity index is 5820. The summed E-state index contributed by atoms with van der Waals surface area (Å²) in [6, 6.07) is 25.1. The van der Waals surface area contributed by atoms with Crippen molar-refractivity contribution in [3.8, 4) is 50.6 Å². The standard InChI is InChI=1S/C30H32BrNO7.C30H33NO7.C19H15BrO3.C12H21NO5.C11H19NO4.C6H15N.CH2O3.2Cs.H/c1-16-9-24(32(13-16)29(36)39-30(2,3)4)28(35)38-15-25(33)18-5-7-20-19(10-18)14-37-26-12-21-17(11-22(20)26)6-8-23(31)27(21)34;1-17-10-24(31(14-17)29(35)38-30(2,3)4)28(34)37-16-26(33)19-8-9-21-20(11-19)15-36-27-13-22-18(12-23(21)27)6-5-7-25(22)32;20-9-18(22)12-4-5-14-13(6-12)10-23-19-8-15-11(7-16(14)19)2-1-3-17(15)21;1-12(2,3)18-11(16)13-6-8(7-17-4)5-9(13)10(14)15;1-7-5-8(9(13)14)12(6-7)10(15)16-11(2,3)4;1-4-7(5-2)6-3;2-1-4-3;;;/h5,7,10-12,16,23-24H,6,8-9,13-15H2,1-4H3;8-9,11-13,17,24H,5-7,10,14-16H2,1-4H3;4-8H,1-3,9-10H2;8-9H,5-7H2,1-4H3,(H,14,15);7-8H,5-6H2,1-4H3,(H,13,14);4-6H2,1-3H3;1,3H;;;/q;;;;;;;2*+1;-1/p-1/t16-,23?,24-;17-,24-;;8-,9-;7-,8-;;;;;/m00.00...../s1. The van der Waals surface area contributed by atoms with Crippen molar-refractivity contribution in [3.05, 3.63) is 158 Å². The monoisotopic (exact) mass is 2400 g/mol. The Hall–Kier alpha value is -7.89. The van der Waals surface area contributed by atoms with E-state index in [1.165, 1.54) is 39.2 Å². The molecule has 4 amide bonds. The van der Waals surface area contributed by atoms with Crippen molar-refractivity contribution in [3.63, 3.8) is 0 Å². The second-order valence-electron chi connectivity index (χ2n) is 41.7. The Balaban J connectivity index is 0.000000252. The van der Waals surface area contributed by atoms with Crippen LogP contribution in [-0.4, -0.2) is 254 Å². The van der Waals surface area contributed by atoms with E-state index in [-0.39, 0.29) is 222 Å². The largest absolute Gasteiger partial charge is 1.00 e. The number of amides is 4. The first-order chi connectivity index (χ1) is 68.3. The molecule has 7 aliphatic heterocycles. The third-order valence-electron chi connectivity index (χ3n) is 25.6. The van der Waals surface area contributed by atoms with E-state index in [1.54, 1.807) is 114 Å². The van der Waals surface area contributed by atoms with E-state index in [2.05, 4.69) is 68.5 Å². The number of carbonyl (C=O) groups is 15. The van der Waals surface area contributed by atoms with Gasteiger partial charge in [-0.05, 0) is 289 Å². The number of carboxylic acid groups (broad SMARTS) is 2. The summed E-state index contributed by atoms with van der Waals surface area (Å²) < 4.78 is 54.8. The maximum Gasteiger partial charge on any atom is 1.00 e. The van der Waals surface area contributed by atoms with Gasteiger partial charge in [-0.25, -0.2) is 38.4 Å². The molecule has 6 aromatic carbocycles. The van der Waals surface area contributed by atoms with Crippen LogP contribution in [0.5, 0.6) is 17.2 Å². The summed E-state index contributed by atoms with van der Waals surface area (Å²) in [5.41, 5.74) is 12.9. The molecule has 34 nitrogen and oxygen atoms in total. The summed E-state index contributed by atoms with van der Waals surface area (Å²) in [7, 11) is 1.56. The molecule has 1 unspecified atom stereocenters. The van der Waals surface area contributed by atoms with Gasteiger partial charge in [0.05, 0.1) is 16.8 Å². The van der Waals surface area contributed by atoms with Gasteiger partial charge >= 0.3 is 186 Å². The number of hydrogen-bond donors (Lipinski definition) is 2. The normalized spacial score (nSPS) is 19.7. The number of rotatable bonds is 18. The van der Waals surface area contributed by atoms with Crippen molar-refractivity contribution < 1.29 is 279 Å². The van der Waals surface area contributed by atoms with E-state index in [9.17, 15) is 67.1 Å². The number of benzene rings is 6. The molecule has 4 saturated heterocycles. The Labute approximate surface area is 995 Å². The maximum absolute atomic E-state index is 13.0. The van der Waals surface area contributed by atoms with E-state index in [4.69, 9.17) is 67.6 Å². The van der Waals surface area contributed by atoms with Crippen molar-refractivity contribution in [2.24, 2.45) is 23.7 Å². The fraction of sp³-hybridized carbons (Fsp3) is 0.532. The van der Waals surface area contributed by atoms with Gasteiger partial charge in [-0.15, -0.1) is 0 Å². The van der Waals surface area contributed by atoms with E-state index in [1.807, 2.05) is 81.4 Å². The number of alkyl halides is 2. The molecule has 10 aliphatic rings. The second-order valence-corrected chi connectivity index (χ2v) is 43.4. The van der Waals surface area contributed by atoms with E-state index >= 15 is 0 Å². The van der Waals surface area contributed by atoms with Gasteiger partial charge < -0.3 is 74.1 Å². The van der Waals surface area contributed by atoms with E-state index in [0.717, 1.165) is 122 Å². The number of aliphatic carboxylic acids is 2. The molecular weight excluding hydrogens is 2270 g/mol. The average Bonchev–Trinajstić information content (AvgIpc) is 1.01. The fourth-order valence-electron chi connectivity index (χ4n) is 18.7. The number of Topliss-reactive ketones (excluding diaryl/α,β-unsaturated/α-hetero) is 6. The number of ether oxygens (including phenoxy) is 10. The van der Waals surface area contributed by atoms with E-state index < -0.39 is 108 Å². The Morgan fingerprint density at radius 1 is 0.442 bits per heavy atom.